The average molecular weight is 1310 g/mol. The molecule has 0 aliphatic heterocycles. The number of ether oxygens (including phenoxy) is 2. The van der Waals surface area contributed by atoms with E-state index in [0.29, 0.717) is 17.4 Å². The van der Waals surface area contributed by atoms with Crippen molar-refractivity contribution < 1.29 is 42.1 Å². The Balaban J connectivity index is 3.95. The molecule has 92 heavy (non-hydrogen) atoms. The Labute approximate surface area is 571 Å². The number of phosphoric ester groups is 1. The van der Waals surface area contributed by atoms with E-state index in [1.165, 1.54) is 263 Å². The van der Waals surface area contributed by atoms with Crippen LogP contribution < -0.4 is 4.89 Å². The SMILES string of the molecule is CC/C=C\C/C=C\C/C=C\C/C=C\C/C=C\C/C=C\CCCCCCCCCCCCCCCCCCCCC(=O)OC(COC(=O)CCCCCCCCCCCCCCCCCCCCC/C=C\CCCCCCCCCC)COP(=O)([O-])OCC[N+](C)(C)C. The lowest BCUT2D eigenvalue weighted by Gasteiger charge is -2.28. The largest absolute Gasteiger partial charge is 0.756 e. The monoisotopic (exact) mass is 1310 g/mol. The zero-order valence-corrected chi connectivity index (χ0v) is 62.1. The number of hydrogen-bond donors (Lipinski definition) is 0. The summed E-state index contributed by atoms with van der Waals surface area (Å²) in [4.78, 5) is 38.2. The molecule has 0 aliphatic carbocycles. The maximum Gasteiger partial charge on any atom is 0.306 e. The van der Waals surface area contributed by atoms with Crippen LogP contribution in [0.5, 0.6) is 0 Å². The third kappa shape index (κ3) is 76.2. The van der Waals surface area contributed by atoms with Crippen LogP contribution in [0.1, 0.15) is 373 Å². The Morgan fingerprint density at radius 1 is 0.348 bits per heavy atom. The number of allylic oxidation sites excluding steroid dienone is 14. The fourth-order valence-electron chi connectivity index (χ4n) is 11.4. The molecule has 0 N–H and O–H groups in total. The van der Waals surface area contributed by atoms with Crippen molar-refractivity contribution in [3.05, 3.63) is 85.1 Å². The highest BCUT2D eigenvalue weighted by molar-refractivity contribution is 7.45. The van der Waals surface area contributed by atoms with E-state index in [2.05, 4.69) is 98.9 Å². The van der Waals surface area contributed by atoms with Gasteiger partial charge in [0.2, 0.25) is 0 Å². The molecule has 0 saturated carbocycles. The Bertz CT molecular complexity index is 1830. The van der Waals surface area contributed by atoms with Crippen molar-refractivity contribution in [1.29, 1.82) is 0 Å². The third-order valence-corrected chi connectivity index (χ3v) is 18.4. The first-order valence-corrected chi connectivity index (χ1v) is 40.8. The first-order valence-electron chi connectivity index (χ1n) is 39.3. The number of likely N-dealkylation sites (N-methyl/N-ethyl adjacent to an activating group) is 1. The second-order valence-corrected chi connectivity index (χ2v) is 29.1. The molecule has 0 aromatic heterocycles. The quantitative estimate of drug-likeness (QED) is 0.0195. The Hall–Kier alpha value is -2.81. The molecule has 0 fully saturated rings. The lowest BCUT2D eigenvalue weighted by atomic mass is 10.0. The predicted octanol–water partition coefficient (Wildman–Crippen LogP) is 25.4. The minimum absolute atomic E-state index is 0.0303. The van der Waals surface area contributed by atoms with E-state index < -0.39 is 26.5 Å². The van der Waals surface area contributed by atoms with E-state index >= 15 is 0 Å². The van der Waals surface area contributed by atoms with Gasteiger partial charge in [-0.2, -0.15) is 0 Å². The number of phosphoric acid groups is 1. The maximum absolute atomic E-state index is 12.9. The highest BCUT2D eigenvalue weighted by atomic mass is 31.2. The summed E-state index contributed by atoms with van der Waals surface area (Å²) >= 11 is 0. The van der Waals surface area contributed by atoms with Gasteiger partial charge in [0.05, 0.1) is 27.7 Å². The van der Waals surface area contributed by atoms with Gasteiger partial charge in [-0.15, -0.1) is 0 Å². The van der Waals surface area contributed by atoms with Gasteiger partial charge in [-0.05, 0) is 89.9 Å². The number of quaternary nitrogens is 1. The Kier molecular flexibility index (Phi) is 70.2. The molecule has 0 saturated heterocycles. The number of carbonyl (C=O) groups excluding carboxylic acids is 2. The fraction of sp³-hybridized carbons (Fsp3) is 0.805. The van der Waals surface area contributed by atoms with Crippen LogP contribution >= 0.6 is 7.82 Å². The summed E-state index contributed by atoms with van der Waals surface area (Å²) < 4.78 is 34.4. The number of carbonyl (C=O) groups is 2. The van der Waals surface area contributed by atoms with Crippen molar-refractivity contribution in [3.63, 3.8) is 0 Å². The van der Waals surface area contributed by atoms with E-state index in [-0.39, 0.29) is 32.0 Å². The van der Waals surface area contributed by atoms with Gasteiger partial charge in [-0.1, -0.05) is 356 Å². The summed E-state index contributed by atoms with van der Waals surface area (Å²) in [7, 11) is 1.18. The molecule has 0 spiro atoms. The van der Waals surface area contributed by atoms with Crippen molar-refractivity contribution >= 4 is 19.8 Å². The molecule has 0 bridgehead atoms. The fourth-order valence-corrected chi connectivity index (χ4v) is 12.2. The van der Waals surface area contributed by atoms with Gasteiger partial charge in [-0.3, -0.25) is 14.2 Å². The first-order chi connectivity index (χ1) is 45.0. The molecule has 9 nitrogen and oxygen atoms in total. The summed E-state index contributed by atoms with van der Waals surface area (Å²) in [5.41, 5.74) is 0. The van der Waals surface area contributed by atoms with E-state index in [1.54, 1.807) is 0 Å². The highest BCUT2D eigenvalue weighted by Crippen LogP contribution is 2.38. The van der Waals surface area contributed by atoms with Crippen LogP contribution in [0.15, 0.2) is 85.1 Å². The molecule has 0 amide bonds. The topological polar surface area (TPSA) is 111 Å². The second-order valence-electron chi connectivity index (χ2n) is 27.7. The lowest BCUT2D eigenvalue weighted by Crippen LogP contribution is -2.37. The van der Waals surface area contributed by atoms with Crippen LogP contribution in [0, 0.1) is 0 Å². The molecular formula is C82H150NO8P. The molecule has 0 rings (SSSR count). The number of hydrogen-bond acceptors (Lipinski definition) is 8. The molecule has 0 aromatic carbocycles. The summed E-state index contributed by atoms with van der Waals surface area (Å²) in [6, 6.07) is 0. The number of rotatable bonds is 73. The molecule has 2 atom stereocenters. The van der Waals surface area contributed by atoms with Gasteiger partial charge in [0.1, 0.15) is 19.8 Å². The molecule has 10 heteroatoms. The molecule has 536 valence electrons. The van der Waals surface area contributed by atoms with Gasteiger partial charge in [0, 0.05) is 12.8 Å². The zero-order chi connectivity index (χ0) is 66.9. The van der Waals surface area contributed by atoms with Gasteiger partial charge in [0.15, 0.2) is 6.10 Å². The van der Waals surface area contributed by atoms with Crippen LogP contribution in [0.25, 0.3) is 0 Å². The molecular weight excluding hydrogens is 1160 g/mol. The number of nitrogens with zero attached hydrogens (tertiary/aromatic N) is 1. The smallest absolute Gasteiger partial charge is 0.306 e. The average Bonchev–Trinajstić information content (AvgIpc) is 2.34. The van der Waals surface area contributed by atoms with E-state index in [9.17, 15) is 19.0 Å². The Morgan fingerprint density at radius 3 is 0.935 bits per heavy atom. The number of esters is 2. The minimum Gasteiger partial charge on any atom is -0.756 e. The van der Waals surface area contributed by atoms with Crippen LogP contribution in [0.4, 0.5) is 0 Å². The normalized spacial score (nSPS) is 13.5. The van der Waals surface area contributed by atoms with Crippen molar-refractivity contribution in [2.24, 2.45) is 0 Å². The number of unbranched alkanes of at least 4 members (excludes halogenated alkanes) is 45. The van der Waals surface area contributed by atoms with Crippen molar-refractivity contribution in [2.45, 2.75) is 380 Å². The van der Waals surface area contributed by atoms with Crippen LogP contribution in [0.2, 0.25) is 0 Å². The minimum atomic E-state index is -4.65. The molecule has 0 aromatic rings. The summed E-state index contributed by atoms with van der Waals surface area (Å²) in [6.45, 7) is 4.18. The molecule has 0 radical (unpaired) electrons. The first kappa shape index (κ1) is 89.2. The Morgan fingerprint density at radius 2 is 0.620 bits per heavy atom. The van der Waals surface area contributed by atoms with Gasteiger partial charge < -0.3 is 27.9 Å². The molecule has 0 heterocycles. The van der Waals surface area contributed by atoms with Crippen molar-refractivity contribution in [2.75, 3.05) is 47.5 Å². The summed E-state index contributed by atoms with van der Waals surface area (Å²) in [6.07, 6.45) is 99.8. The van der Waals surface area contributed by atoms with E-state index in [4.69, 9.17) is 18.5 Å². The summed E-state index contributed by atoms with van der Waals surface area (Å²) in [5.74, 6) is -0.815. The van der Waals surface area contributed by atoms with Gasteiger partial charge in [0.25, 0.3) is 7.82 Å². The predicted molar refractivity (Wildman–Crippen MR) is 397 cm³/mol. The zero-order valence-electron chi connectivity index (χ0n) is 61.2. The lowest BCUT2D eigenvalue weighted by molar-refractivity contribution is -0.870. The summed E-state index contributed by atoms with van der Waals surface area (Å²) in [5, 5.41) is 0. The highest BCUT2D eigenvalue weighted by Gasteiger charge is 2.22. The van der Waals surface area contributed by atoms with Crippen molar-refractivity contribution in [3.8, 4) is 0 Å². The maximum atomic E-state index is 12.9. The third-order valence-electron chi connectivity index (χ3n) is 17.4. The standard InChI is InChI=1S/C82H150NO8P/c1-6-8-10-12-14-16-18-20-22-24-26-28-30-32-34-36-38-39-40-41-42-43-45-47-49-51-53-55-57-59-61-63-65-67-69-71-73-75-82(85)91-80(79-90-92(86,87)89-77-76-83(3,4)5)78-88-81(84)74-72-70-68-66-64-62-60-58-56-54-52-50-48-46-44-37-35-33-31-29-27-25-23-21-19-17-15-13-11-9-7-2/h8,10,14,16,20,22,25-28,32,34,38-39,80H,6-7,9,11-13,15,17-19,21,23-24,29-31,33,35-37,40-79H2,1-5H3/b10-8-,16-14-,22-20-,27-25-,28-26-,34-32-,39-38-. The van der Waals surface area contributed by atoms with E-state index in [1.807, 2.05) is 21.1 Å². The van der Waals surface area contributed by atoms with Gasteiger partial charge >= 0.3 is 11.9 Å². The van der Waals surface area contributed by atoms with Crippen LogP contribution in [0.3, 0.4) is 0 Å². The van der Waals surface area contributed by atoms with E-state index in [0.717, 1.165) is 77.0 Å². The second kappa shape index (κ2) is 72.5. The van der Waals surface area contributed by atoms with Crippen LogP contribution in [-0.2, 0) is 32.7 Å². The van der Waals surface area contributed by atoms with Gasteiger partial charge in [-0.25, -0.2) is 0 Å². The molecule has 2 unspecified atom stereocenters. The van der Waals surface area contributed by atoms with Crippen molar-refractivity contribution in [1.82, 2.24) is 0 Å². The van der Waals surface area contributed by atoms with Crippen LogP contribution in [-0.4, -0.2) is 70.0 Å². The molecule has 0 aliphatic rings.